The van der Waals surface area contributed by atoms with Gasteiger partial charge in [-0.05, 0) is 31.2 Å². The van der Waals surface area contributed by atoms with Crippen LogP contribution in [0.25, 0.3) is 0 Å². The van der Waals surface area contributed by atoms with Crippen molar-refractivity contribution in [2.75, 3.05) is 5.32 Å². The fraction of sp³-hybridized carbons (Fsp3) is 0.0769. The van der Waals surface area contributed by atoms with Crippen molar-refractivity contribution in [3.05, 3.63) is 54.4 Å². The number of aromatic nitrogens is 1. The van der Waals surface area contributed by atoms with Gasteiger partial charge in [0, 0.05) is 6.20 Å². The number of hydrogen-bond donors (Lipinski definition) is 1. The molecule has 0 bridgehead atoms. The Labute approximate surface area is 99.3 Å². The topological polar surface area (TPSA) is 51.2 Å². The van der Waals surface area contributed by atoms with E-state index in [1.165, 1.54) is 0 Å². The summed E-state index contributed by atoms with van der Waals surface area (Å²) in [4.78, 5) is 15.4. The van der Waals surface area contributed by atoms with Crippen LogP contribution in [0.2, 0.25) is 0 Å². The van der Waals surface area contributed by atoms with Crippen molar-refractivity contribution < 1.29 is 9.53 Å². The van der Waals surface area contributed by atoms with Crippen LogP contribution in [0, 0.1) is 6.92 Å². The molecule has 0 aliphatic heterocycles. The Kier molecular flexibility index (Phi) is 3.35. The molecule has 1 heterocycles. The molecule has 4 nitrogen and oxygen atoms in total. The van der Waals surface area contributed by atoms with Gasteiger partial charge in [0.05, 0.1) is 11.9 Å². The quantitative estimate of drug-likeness (QED) is 0.859. The minimum absolute atomic E-state index is 0.511. The summed E-state index contributed by atoms with van der Waals surface area (Å²) in [5, 5.41) is 2.58. The zero-order chi connectivity index (χ0) is 12.1. The van der Waals surface area contributed by atoms with Gasteiger partial charge >= 0.3 is 6.09 Å². The fourth-order valence-electron chi connectivity index (χ4n) is 1.29. The Morgan fingerprint density at radius 1 is 1.24 bits per heavy atom. The third-order valence-electron chi connectivity index (χ3n) is 2.14. The number of benzene rings is 1. The number of nitrogens with one attached hydrogen (secondary N) is 1. The monoisotopic (exact) mass is 228 g/mol. The summed E-state index contributed by atoms with van der Waals surface area (Å²) in [6.07, 6.45) is 2.66. The largest absolute Gasteiger partial charge is 0.417 e. The Bertz CT molecular complexity index is 495. The molecule has 17 heavy (non-hydrogen) atoms. The average Bonchev–Trinajstić information content (AvgIpc) is 2.33. The maximum atomic E-state index is 11.5. The fourth-order valence-corrected chi connectivity index (χ4v) is 1.29. The van der Waals surface area contributed by atoms with Gasteiger partial charge < -0.3 is 4.74 Å². The lowest BCUT2D eigenvalue weighted by molar-refractivity contribution is 0.215. The van der Waals surface area contributed by atoms with E-state index < -0.39 is 6.09 Å². The summed E-state index contributed by atoms with van der Waals surface area (Å²) in [6.45, 7) is 1.97. The molecule has 0 atom stereocenters. The van der Waals surface area contributed by atoms with Crippen LogP contribution in [0.15, 0.2) is 48.8 Å². The predicted octanol–water partition coefficient (Wildman–Crippen LogP) is 3.00. The number of ether oxygens (including phenoxy) is 1. The first-order valence-corrected chi connectivity index (χ1v) is 5.19. The smallest absolute Gasteiger partial charge is 0.410 e. The van der Waals surface area contributed by atoms with Gasteiger partial charge in [-0.25, -0.2) is 4.79 Å². The highest BCUT2D eigenvalue weighted by Gasteiger charge is 2.04. The van der Waals surface area contributed by atoms with E-state index >= 15 is 0 Å². The summed E-state index contributed by atoms with van der Waals surface area (Å²) in [5.74, 6) is 0.511. The first kappa shape index (κ1) is 11.1. The standard InChI is InChI=1S/C13H12N2O2/c1-10-4-6-12(7-5-10)17-13(16)15-11-3-2-8-14-9-11/h2-9H,1H3,(H,15,16). The highest BCUT2D eigenvalue weighted by molar-refractivity contribution is 5.85. The molecule has 0 saturated carbocycles. The first-order chi connectivity index (χ1) is 8.24. The summed E-state index contributed by atoms with van der Waals surface area (Å²) in [7, 11) is 0. The number of aryl methyl sites for hydroxylation is 1. The zero-order valence-corrected chi connectivity index (χ0v) is 9.38. The molecular weight excluding hydrogens is 216 g/mol. The maximum Gasteiger partial charge on any atom is 0.417 e. The number of amides is 1. The molecule has 0 unspecified atom stereocenters. The minimum Gasteiger partial charge on any atom is -0.410 e. The summed E-state index contributed by atoms with van der Waals surface area (Å²) in [6, 6.07) is 10.7. The normalized spacial score (nSPS) is 9.71. The van der Waals surface area contributed by atoms with Crippen molar-refractivity contribution in [2.24, 2.45) is 0 Å². The van der Waals surface area contributed by atoms with Gasteiger partial charge in [-0.15, -0.1) is 0 Å². The van der Waals surface area contributed by atoms with Gasteiger partial charge in [-0.3, -0.25) is 10.3 Å². The number of pyridine rings is 1. The van der Waals surface area contributed by atoms with Gasteiger partial charge in [0.25, 0.3) is 0 Å². The molecule has 0 aliphatic rings. The molecule has 0 saturated heterocycles. The molecular formula is C13H12N2O2. The number of carbonyl (C=O) groups is 1. The Hall–Kier alpha value is -2.36. The molecule has 0 radical (unpaired) electrons. The number of hydrogen-bond acceptors (Lipinski definition) is 3. The molecule has 1 aromatic carbocycles. The Balaban J connectivity index is 1.96. The van der Waals surface area contributed by atoms with Crippen molar-refractivity contribution in [3.8, 4) is 5.75 Å². The summed E-state index contributed by atoms with van der Waals surface area (Å²) in [5.41, 5.74) is 1.72. The molecule has 0 fully saturated rings. The lowest BCUT2D eigenvalue weighted by Gasteiger charge is -2.06. The number of carbonyl (C=O) groups excluding carboxylic acids is 1. The van der Waals surface area contributed by atoms with Gasteiger partial charge in [0.2, 0.25) is 0 Å². The molecule has 2 rings (SSSR count). The van der Waals surface area contributed by atoms with E-state index in [9.17, 15) is 4.79 Å². The van der Waals surface area contributed by atoms with E-state index in [0.29, 0.717) is 11.4 Å². The van der Waals surface area contributed by atoms with Crippen molar-refractivity contribution >= 4 is 11.8 Å². The van der Waals surface area contributed by atoms with E-state index in [1.807, 2.05) is 19.1 Å². The van der Waals surface area contributed by atoms with Crippen LogP contribution in [-0.2, 0) is 0 Å². The number of rotatable bonds is 2. The van der Waals surface area contributed by atoms with E-state index in [1.54, 1.807) is 36.7 Å². The lowest BCUT2D eigenvalue weighted by Crippen LogP contribution is -2.16. The second-order valence-corrected chi connectivity index (χ2v) is 3.57. The maximum absolute atomic E-state index is 11.5. The van der Waals surface area contributed by atoms with E-state index in [2.05, 4.69) is 10.3 Å². The van der Waals surface area contributed by atoms with Crippen molar-refractivity contribution in [3.63, 3.8) is 0 Å². The third kappa shape index (κ3) is 3.31. The van der Waals surface area contributed by atoms with Crippen LogP contribution in [0.1, 0.15) is 5.56 Å². The molecule has 0 spiro atoms. The molecule has 0 aliphatic carbocycles. The van der Waals surface area contributed by atoms with Crippen molar-refractivity contribution in [1.29, 1.82) is 0 Å². The minimum atomic E-state index is -0.526. The second kappa shape index (κ2) is 5.12. The number of anilines is 1. The molecule has 2 aromatic rings. The molecule has 1 N–H and O–H groups in total. The van der Waals surface area contributed by atoms with Gasteiger partial charge in [-0.1, -0.05) is 17.7 Å². The highest BCUT2D eigenvalue weighted by atomic mass is 16.6. The Morgan fingerprint density at radius 3 is 2.65 bits per heavy atom. The molecule has 1 aromatic heterocycles. The summed E-state index contributed by atoms with van der Waals surface area (Å²) >= 11 is 0. The van der Waals surface area contributed by atoms with Crippen LogP contribution in [-0.4, -0.2) is 11.1 Å². The highest BCUT2D eigenvalue weighted by Crippen LogP contribution is 2.12. The third-order valence-corrected chi connectivity index (χ3v) is 2.14. The van der Waals surface area contributed by atoms with E-state index in [4.69, 9.17) is 4.74 Å². The van der Waals surface area contributed by atoms with Crippen molar-refractivity contribution in [1.82, 2.24) is 4.98 Å². The van der Waals surface area contributed by atoms with Gasteiger partial charge in [0.1, 0.15) is 5.75 Å². The first-order valence-electron chi connectivity index (χ1n) is 5.19. The summed E-state index contributed by atoms with van der Waals surface area (Å²) < 4.78 is 5.10. The van der Waals surface area contributed by atoms with E-state index in [-0.39, 0.29) is 0 Å². The van der Waals surface area contributed by atoms with Crippen LogP contribution >= 0.6 is 0 Å². The molecule has 1 amide bonds. The SMILES string of the molecule is Cc1ccc(OC(=O)Nc2cccnc2)cc1. The van der Waals surface area contributed by atoms with Gasteiger partial charge in [-0.2, -0.15) is 0 Å². The molecule has 4 heteroatoms. The lowest BCUT2D eigenvalue weighted by atomic mass is 10.2. The van der Waals surface area contributed by atoms with E-state index in [0.717, 1.165) is 5.56 Å². The average molecular weight is 228 g/mol. The van der Waals surface area contributed by atoms with Crippen LogP contribution < -0.4 is 10.1 Å². The Morgan fingerprint density at radius 2 is 2.00 bits per heavy atom. The van der Waals surface area contributed by atoms with Crippen LogP contribution in [0.3, 0.4) is 0 Å². The van der Waals surface area contributed by atoms with Crippen molar-refractivity contribution in [2.45, 2.75) is 6.92 Å². The van der Waals surface area contributed by atoms with Gasteiger partial charge in [0.15, 0.2) is 0 Å². The zero-order valence-electron chi connectivity index (χ0n) is 9.38. The predicted molar refractivity (Wildman–Crippen MR) is 65.1 cm³/mol. The molecule has 86 valence electrons. The van der Waals surface area contributed by atoms with Crippen LogP contribution in [0.4, 0.5) is 10.5 Å². The van der Waals surface area contributed by atoms with Crippen LogP contribution in [0.5, 0.6) is 5.75 Å². The number of nitrogens with zero attached hydrogens (tertiary/aromatic N) is 1. The second-order valence-electron chi connectivity index (χ2n) is 3.57.